The van der Waals surface area contributed by atoms with E-state index in [2.05, 4.69) is 16.0 Å². The van der Waals surface area contributed by atoms with Gasteiger partial charge in [0.25, 0.3) is 0 Å². The van der Waals surface area contributed by atoms with Gasteiger partial charge < -0.3 is 40.5 Å². The summed E-state index contributed by atoms with van der Waals surface area (Å²) < 4.78 is 20.2. The summed E-state index contributed by atoms with van der Waals surface area (Å²) in [6.45, 7) is 6.82. The van der Waals surface area contributed by atoms with Gasteiger partial charge in [0, 0.05) is 32.5 Å². The number of esters is 1. The maximum atomic E-state index is 14.7. The largest absolute Gasteiger partial charge is 0.458 e. The molecular formula is C42H53FN6O9. The van der Waals surface area contributed by atoms with Gasteiger partial charge in [-0.05, 0) is 75.6 Å². The smallest absolute Gasteiger partial charge is 0.329 e. The van der Waals surface area contributed by atoms with E-state index >= 15 is 0 Å². The summed E-state index contributed by atoms with van der Waals surface area (Å²) in [5.74, 6) is -5.35. The summed E-state index contributed by atoms with van der Waals surface area (Å²) in [5, 5.41) is 19.0. The van der Waals surface area contributed by atoms with Gasteiger partial charge in [-0.25, -0.2) is 9.18 Å². The van der Waals surface area contributed by atoms with Crippen molar-refractivity contribution in [1.29, 1.82) is 0 Å². The Morgan fingerprint density at radius 2 is 1.60 bits per heavy atom. The first-order valence-corrected chi connectivity index (χ1v) is 20.1. The van der Waals surface area contributed by atoms with Gasteiger partial charge in [-0.15, -0.1) is 0 Å². The van der Waals surface area contributed by atoms with Crippen LogP contribution >= 0.6 is 0 Å². The number of aliphatic hydroxyl groups excluding tert-OH is 1. The number of ether oxygens (including phenoxy) is 1. The van der Waals surface area contributed by atoms with Gasteiger partial charge in [-0.2, -0.15) is 0 Å². The molecule has 58 heavy (non-hydrogen) atoms. The highest BCUT2D eigenvalue weighted by Crippen LogP contribution is 2.29. The number of hydrogen-bond acceptors (Lipinski definition) is 9. The number of hydrogen-bond donors (Lipinski definition) is 4. The summed E-state index contributed by atoms with van der Waals surface area (Å²) >= 11 is 0. The van der Waals surface area contributed by atoms with Crippen LogP contribution in [0.1, 0.15) is 69.6 Å². The Morgan fingerprint density at radius 1 is 0.879 bits per heavy atom. The van der Waals surface area contributed by atoms with Crippen molar-refractivity contribution in [2.75, 3.05) is 19.6 Å². The quantitative estimate of drug-likeness (QED) is 0.295. The summed E-state index contributed by atoms with van der Waals surface area (Å²) in [6, 6.07) is 5.53. The molecule has 6 amide bonds. The molecule has 0 aromatic heterocycles. The van der Waals surface area contributed by atoms with E-state index in [9.17, 15) is 43.1 Å². The number of cyclic esters (lactones) is 1. The summed E-state index contributed by atoms with van der Waals surface area (Å²) in [4.78, 5) is 102. The molecule has 4 heterocycles. The lowest BCUT2D eigenvalue weighted by Gasteiger charge is -2.39. The predicted molar refractivity (Wildman–Crippen MR) is 207 cm³/mol. The number of piperidine rings is 1. The Morgan fingerprint density at radius 3 is 2.33 bits per heavy atom. The van der Waals surface area contributed by atoms with E-state index in [0.29, 0.717) is 30.4 Å². The zero-order valence-corrected chi connectivity index (χ0v) is 33.3. The first-order valence-electron chi connectivity index (χ1n) is 20.1. The lowest BCUT2D eigenvalue weighted by molar-refractivity contribution is -0.163. The molecule has 4 aliphatic rings. The fourth-order valence-corrected chi connectivity index (χ4v) is 8.47. The van der Waals surface area contributed by atoms with E-state index in [1.54, 1.807) is 18.2 Å². The Kier molecular flexibility index (Phi) is 13.1. The number of fused-ring (bicyclic) bond motifs is 3. The molecule has 4 fully saturated rings. The van der Waals surface area contributed by atoms with E-state index in [0.717, 1.165) is 10.5 Å². The number of aliphatic hydroxyl groups is 1. The van der Waals surface area contributed by atoms with Gasteiger partial charge in [-0.3, -0.25) is 28.8 Å². The molecule has 4 N–H and O–H groups in total. The monoisotopic (exact) mass is 804 g/mol. The molecule has 15 nitrogen and oxygen atoms in total. The SMILES string of the molecule is Cc1ccc(CC(=O)N[C@@H](Cc2cccc(F)c2)C(=O)N[C@@H]2C(=O)N3C[C@H](O)C[C@H]3C(=O)N3CCCC[C@H]3C(=O)N[C@@H](C)C(=O)N3C[C@@H](C)C[C@H]3C(=O)O[C@H]2C)cc1. The van der Waals surface area contributed by atoms with Gasteiger partial charge in [-0.1, -0.05) is 48.9 Å². The van der Waals surface area contributed by atoms with Crippen molar-refractivity contribution < 1.29 is 47.8 Å². The van der Waals surface area contributed by atoms with Crippen LogP contribution in [0.3, 0.4) is 0 Å². The first-order chi connectivity index (χ1) is 27.6. The Balaban J connectivity index is 1.34. The minimum atomic E-state index is -1.64. The summed E-state index contributed by atoms with van der Waals surface area (Å²) in [7, 11) is 0. The van der Waals surface area contributed by atoms with Crippen molar-refractivity contribution in [3.8, 4) is 0 Å². The molecule has 4 aliphatic heterocycles. The van der Waals surface area contributed by atoms with Crippen LogP contribution in [0.4, 0.5) is 4.39 Å². The van der Waals surface area contributed by atoms with Crippen LogP contribution < -0.4 is 16.0 Å². The maximum Gasteiger partial charge on any atom is 0.329 e. The highest BCUT2D eigenvalue weighted by atomic mass is 19.1. The van der Waals surface area contributed by atoms with Crippen LogP contribution in [-0.4, -0.2) is 129 Å². The lowest BCUT2D eigenvalue weighted by Crippen LogP contribution is -2.63. The van der Waals surface area contributed by atoms with E-state index < -0.39 is 95.7 Å². The van der Waals surface area contributed by atoms with Crippen molar-refractivity contribution >= 4 is 41.4 Å². The van der Waals surface area contributed by atoms with Gasteiger partial charge in [0.15, 0.2) is 0 Å². The average Bonchev–Trinajstić information content (AvgIpc) is 3.78. The molecule has 312 valence electrons. The zero-order valence-electron chi connectivity index (χ0n) is 33.3. The summed E-state index contributed by atoms with van der Waals surface area (Å²) in [5.41, 5.74) is 2.05. The summed E-state index contributed by atoms with van der Waals surface area (Å²) in [6.07, 6.45) is -1.11. The normalized spacial score (nSPS) is 28.9. The molecule has 2 aromatic carbocycles. The van der Waals surface area contributed by atoms with Crippen LogP contribution in [0.5, 0.6) is 0 Å². The molecule has 2 aromatic rings. The van der Waals surface area contributed by atoms with Crippen LogP contribution in [0, 0.1) is 18.7 Å². The molecule has 6 rings (SSSR count). The van der Waals surface area contributed by atoms with Gasteiger partial charge in [0.2, 0.25) is 35.4 Å². The standard InChI is InChI=1S/C42H53FN6O9/c1-23-11-13-27(14-12-23)19-35(51)45-31(18-28-8-7-9-29(43)17-28)37(52)46-36-26(4)58-42(57)34-16-24(2)21-48(34)39(54)25(3)44-38(53)32-10-5-6-15-47(32)40(55)33-20-30(50)22-49(33)41(36)56/h7-9,11-14,17,24-26,30-34,36,50H,5-6,10,15-16,18-22H2,1-4H3,(H,44,53)(H,45,51)(H,46,52)/t24-,25-,26-,30+,31-,32-,33-,34-,36-/m0/s1. The van der Waals surface area contributed by atoms with Crippen LogP contribution in [0.2, 0.25) is 0 Å². The number of aryl methyl sites for hydroxylation is 1. The highest BCUT2D eigenvalue weighted by molar-refractivity contribution is 5.98. The topological polar surface area (TPSA) is 195 Å². The molecule has 0 aliphatic carbocycles. The van der Waals surface area contributed by atoms with Gasteiger partial charge >= 0.3 is 5.97 Å². The van der Waals surface area contributed by atoms with Gasteiger partial charge in [0.1, 0.15) is 48.2 Å². The molecule has 0 radical (unpaired) electrons. The van der Waals surface area contributed by atoms with Crippen molar-refractivity contribution in [2.24, 2.45) is 5.92 Å². The number of nitrogens with one attached hydrogen (secondary N) is 3. The highest BCUT2D eigenvalue weighted by Gasteiger charge is 2.49. The zero-order chi connectivity index (χ0) is 41.8. The minimum absolute atomic E-state index is 0.0811. The second kappa shape index (κ2) is 18.0. The molecule has 0 bridgehead atoms. The number of benzene rings is 2. The lowest BCUT2D eigenvalue weighted by atomic mass is 9.98. The fraction of sp³-hybridized carbons (Fsp3) is 0.548. The minimum Gasteiger partial charge on any atom is -0.458 e. The van der Waals surface area contributed by atoms with E-state index in [-0.39, 0.29) is 51.2 Å². The van der Waals surface area contributed by atoms with E-state index in [1.807, 2.05) is 26.0 Å². The van der Waals surface area contributed by atoms with Gasteiger partial charge in [0.05, 0.1) is 12.5 Å². The number of rotatable bonds is 7. The number of halogens is 1. The maximum absolute atomic E-state index is 14.7. The molecule has 0 saturated carbocycles. The molecule has 9 atom stereocenters. The first kappa shape index (κ1) is 42.2. The van der Waals surface area contributed by atoms with Crippen molar-refractivity contribution in [1.82, 2.24) is 30.7 Å². The molecule has 0 spiro atoms. The van der Waals surface area contributed by atoms with E-state index in [4.69, 9.17) is 4.74 Å². The Labute approximate surface area is 337 Å². The van der Waals surface area contributed by atoms with Crippen LogP contribution in [0.25, 0.3) is 0 Å². The van der Waals surface area contributed by atoms with Crippen LogP contribution in [-0.2, 0) is 51.1 Å². The third-order valence-electron chi connectivity index (χ3n) is 11.5. The van der Waals surface area contributed by atoms with Crippen molar-refractivity contribution in [3.05, 3.63) is 71.0 Å². The average molecular weight is 805 g/mol. The second-order valence-electron chi connectivity index (χ2n) is 16.3. The third kappa shape index (κ3) is 9.65. The predicted octanol–water partition coefficient (Wildman–Crippen LogP) is 0.919. The number of carbonyl (C=O) groups is 7. The van der Waals surface area contributed by atoms with E-state index in [1.165, 1.54) is 41.8 Å². The molecular weight excluding hydrogens is 751 g/mol. The number of amides is 6. The third-order valence-corrected chi connectivity index (χ3v) is 11.5. The van der Waals surface area contributed by atoms with Crippen molar-refractivity contribution in [2.45, 2.75) is 121 Å². The Hall–Kier alpha value is -5.38. The Bertz CT molecular complexity index is 1910. The number of nitrogens with zero attached hydrogens (tertiary/aromatic N) is 3. The second-order valence-corrected chi connectivity index (χ2v) is 16.3. The van der Waals surface area contributed by atoms with Crippen LogP contribution in [0.15, 0.2) is 48.5 Å². The molecule has 16 heteroatoms. The molecule has 0 unspecified atom stereocenters. The fourth-order valence-electron chi connectivity index (χ4n) is 8.47. The number of carbonyl (C=O) groups excluding carboxylic acids is 7. The molecule has 4 saturated heterocycles. The van der Waals surface area contributed by atoms with Crippen molar-refractivity contribution in [3.63, 3.8) is 0 Å².